The van der Waals surface area contributed by atoms with Gasteiger partial charge in [-0.25, -0.2) is 15.0 Å². The zero-order valence-corrected chi connectivity index (χ0v) is 20.9. The number of rotatable bonds is 4. The van der Waals surface area contributed by atoms with Gasteiger partial charge in [-0.2, -0.15) is 0 Å². The second-order valence-corrected chi connectivity index (χ2v) is 9.48. The summed E-state index contributed by atoms with van der Waals surface area (Å²) in [6, 6.07) is 40.1. The van der Waals surface area contributed by atoms with Crippen molar-refractivity contribution in [2.45, 2.75) is 0 Å². The first-order valence-electron chi connectivity index (χ1n) is 12.3. The average molecular weight is 510 g/mol. The standard InChI is InChI=1S/C33H20ClN3O/c34-25-11-6-10-24(20-25)21-16-18-23(19-17-21)32-35-31(22-8-2-1-3-9-22)36-33(37-32)28-14-7-13-27-26-12-4-5-15-29(26)38-30(27)28/h1-20H. The number of halogens is 1. The minimum Gasteiger partial charge on any atom is -0.455 e. The van der Waals surface area contributed by atoms with E-state index in [1.165, 1.54) is 0 Å². The zero-order chi connectivity index (χ0) is 25.5. The summed E-state index contributed by atoms with van der Waals surface area (Å²) in [5.41, 5.74) is 6.38. The van der Waals surface area contributed by atoms with Gasteiger partial charge < -0.3 is 4.42 Å². The summed E-state index contributed by atoms with van der Waals surface area (Å²) in [7, 11) is 0. The van der Waals surface area contributed by atoms with Crippen LogP contribution in [0.4, 0.5) is 0 Å². The lowest BCUT2D eigenvalue weighted by atomic mass is 10.0. The SMILES string of the molecule is Clc1cccc(-c2ccc(-c3nc(-c4ccccc4)nc(-c4cccc5c4oc4ccccc45)n3)cc2)c1. The minimum absolute atomic E-state index is 0.567. The fourth-order valence-electron chi connectivity index (χ4n) is 4.74. The Morgan fingerprint density at radius 3 is 1.87 bits per heavy atom. The molecule has 0 saturated heterocycles. The molecule has 0 bridgehead atoms. The van der Waals surface area contributed by atoms with Crippen molar-refractivity contribution in [2.75, 3.05) is 0 Å². The Morgan fingerprint density at radius 1 is 0.474 bits per heavy atom. The van der Waals surface area contributed by atoms with Crippen LogP contribution in [0.1, 0.15) is 0 Å². The smallest absolute Gasteiger partial charge is 0.167 e. The summed E-state index contributed by atoms with van der Waals surface area (Å²) in [5, 5.41) is 2.81. The molecule has 0 aliphatic rings. The molecular formula is C33H20ClN3O. The van der Waals surface area contributed by atoms with Gasteiger partial charge in [0.25, 0.3) is 0 Å². The van der Waals surface area contributed by atoms with Gasteiger partial charge in [-0.3, -0.25) is 0 Å². The molecule has 7 aromatic rings. The van der Waals surface area contributed by atoms with E-state index in [0.29, 0.717) is 22.5 Å². The van der Waals surface area contributed by atoms with Gasteiger partial charge >= 0.3 is 0 Å². The molecule has 0 unspecified atom stereocenters. The van der Waals surface area contributed by atoms with Gasteiger partial charge in [0.1, 0.15) is 11.2 Å². The highest BCUT2D eigenvalue weighted by Gasteiger charge is 2.17. The molecule has 5 aromatic carbocycles. The number of furan rings is 1. The number of benzene rings is 5. The van der Waals surface area contributed by atoms with Gasteiger partial charge in [-0.05, 0) is 35.4 Å². The lowest BCUT2D eigenvalue weighted by molar-refractivity contribution is 0.669. The lowest BCUT2D eigenvalue weighted by Gasteiger charge is -2.09. The van der Waals surface area contributed by atoms with Crippen LogP contribution < -0.4 is 0 Å². The largest absolute Gasteiger partial charge is 0.455 e. The van der Waals surface area contributed by atoms with E-state index < -0.39 is 0 Å². The van der Waals surface area contributed by atoms with Crippen molar-refractivity contribution in [1.29, 1.82) is 0 Å². The first-order valence-corrected chi connectivity index (χ1v) is 12.7. The summed E-state index contributed by atoms with van der Waals surface area (Å²) < 4.78 is 6.29. The second kappa shape index (κ2) is 9.25. The molecule has 7 rings (SSSR count). The fourth-order valence-corrected chi connectivity index (χ4v) is 4.94. The van der Waals surface area contributed by atoms with Crippen molar-refractivity contribution in [1.82, 2.24) is 15.0 Å². The highest BCUT2D eigenvalue weighted by molar-refractivity contribution is 6.30. The van der Waals surface area contributed by atoms with E-state index in [9.17, 15) is 0 Å². The van der Waals surface area contributed by atoms with E-state index in [4.69, 9.17) is 31.0 Å². The van der Waals surface area contributed by atoms with Gasteiger partial charge in [-0.1, -0.05) is 109 Å². The number of hydrogen-bond donors (Lipinski definition) is 0. The molecule has 0 amide bonds. The third kappa shape index (κ3) is 4.01. The highest BCUT2D eigenvalue weighted by atomic mass is 35.5. The Kier molecular flexibility index (Phi) is 5.46. The molecule has 0 spiro atoms. The van der Waals surface area contributed by atoms with Crippen LogP contribution in [0.3, 0.4) is 0 Å². The molecule has 180 valence electrons. The Labute approximate surface area is 224 Å². The van der Waals surface area contributed by atoms with E-state index in [1.54, 1.807) is 0 Å². The van der Waals surface area contributed by atoms with Crippen LogP contribution in [0, 0.1) is 0 Å². The molecule has 0 saturated carbocycles. The average Bonchev–Trinajstić information content (AvgIpc) is 3.36. The number of para-hydroxylation sites is 2. The van der Waals surface area contributed by atoms with Gasteiger partial charge in [-0.15, -0.1) is 0 Å². The predicted octanol–water partition coefficient (Wildman–Crippen LogP) is 9.09. The molecule has 0 N–H and O–H groups in total. The first kappa shape index (κ1) is 22.4. The molecule has 2 aromatic heterocycles. The van der Waals surface area contributed by atoms with E-state index in [-0.39, 0.29) is 0 Å². The van der Waals surface area contributed by atoms with Crippen molar-refractivity contribution in [3.8, 4) is 45.3 Å². The maximum absolute atomic E-state index is 6.29. The molecule has 0 fully saturated rings. The van der Waals surface area contributed by atoms with Crippen molar-refractivity contribution in [2.24, 2.45) is 0 Å². The van der Waals surface area contributed by atoms with Crippen LogP contribution in [0.15, 0.2) is 126 Å². The van der Waals surface area contributed by atoms with Gasteiger partial charge in [0.05, 0.1) is 5.56 Å². The van der Waals surface area contributed by atoms with Crippen molar-refractivity contribution in [3.05, 3.63) is 126 Å². The quantitative estimate of drug-likeness (QED) is 0.237. The predicted molar refractivity (Wildman–Crippen MR) is 154 cm³/mol. The van der Waals surface area contributed by atoms with Crippen molar-refractivity contribution < 1.29 is 4.42 Å². The van der Waals surface area contributed by atoms with Crippen molar-refractivity contribution >= 4 is 33.5 Å². The van der Waals surface area contributed by atoms with Crippen LogP contribution in [0.5, 0.6) is 0 Å². The minimum atomic E-state index is 0.567. The van der Waals surface area contributed by atoms with Crippen LogP contribution in [-0.2, 0) is 0 Å². The summed E-state index contributed by atoms with van der Waals surface area (Å²) >= 11 is 6.21. The van der Waals surface area contributed by atoms with E-state index in [0.717, 1.165) is 49.8 Å². The number of aromatic nitrogens is 3. The molecule has 4 nitrogen and oxygen atoms in total. The molecule has 0 aliphatic carbocycles. The highest BCUT2D eigenvalue weighted by Crippen LogP contribution is 2.35. The maximum Gasteiger partial charge on any atom is 0.167 e. The van der Waals surface area contributed by atoms with E-state index >= 15 is 0 Å². The molecular weight excluding hydrogens is 490 g/mol. The van der Waals surface area contributed by atoms with Crippen LogP contribution in [-0.4, -0.2) is 15.0 Å². The van der Waals surface area contributed by atoms with Crippen LogP contribution in [0.25, 0.3) is 67.2 Å². The number of fused-ring (bicyclic) bond motifs is 3. The van der Waals surface area contributed by atoms with Gasteiger partial charge in [0.2, 0.25) is 0 Å². The zero-order valence-electron chi connectivity index (χ0n) is 20.2. The first-order chi connectivity index (χ1) is 18.7. The second-order valence-electron chi connectivity index (χ2n) is 9.04. The normalized spacial score (nSPS) is 11.3. The van der Waals surface area contributed by atoms with Crippen LogP contribution >= 0.6 is 11.6 Å². The number of hydrogen-bond acceptors (Lipinski definition) is 4. The van der Waals surface area contributed by atoms with E-state index in [2.05, 4.69) is 24.3 Å². The lowest BCUT2D eigenvalue weighted by Crippen LogP contribution is -2.00. The molecule has 0 aliphatic heterocycles. The molecule has 0 atom stereocenters. The maximum atomic E-state index is 6.29. The number of nitrogens with zero attached hydrogens (tertiary/aromatic N) is 3. The van der Waals surface area contributed by atoms with Crippen molar-refractivity contribution in [3.63, 3.8) is 0 Å². The Hall–Kier alpha value is -4.80. The van der Waals surface area contributed by atoms with E-state index in [1.807, 2.05) is 97.1 Å². The summed E-state index contributed by atoms with van der Waals surface area (Å²) in [6.07, 6.45) is 0. The molecule has 0 radical (unpaired) electrons. The third-order valence-electron chi connectivity index (χ3n) is 6.61. The van der Waals surface area contributed by atoms with Gasteiger partial charge in [0, 0.05) is 26.9 Å². The Bertz CT molecular complexity index is 1930. The van der Waals surface area contributed by atoms with Crippen LogP contribution in [0.2, 0.25) is 5.02 Å². The molecule has 5 heteroatoms. The summed E-state index contributed by atoms with van der Waals surface area (Å²) in [5.74, 6) is 1.77. The molecule has 38 heavy (non-hydrogen) atoms. The summed E-state index contributed by atoms with van der Waals surface area (Å²) in [4.78, 5) is 14.7. The molecule has 2 heterocycles. The fraction of sp³-hybridized carbons (Fsp3) is 0. The Morgan fingerprint density at radius 2 is 1.08 bits per heavy atom. The Balaban J connectivity index is 1.40. The topological polar surface area (TPSA) is 51.8 Å². The van der Waals surface area contributed by atoms with Gasteiger partial charge in [0.15, 0.2) is 17.5 Å². The summed E-state index contributed by atoms with van der Waals surface area (Å²) in [6.45, 7) is 0. The monoisotopic (exact) mass is 509 g/mol. The third-order valence-corrected chi connectivity index (χ3v) is 6.85.